The van der Waals surface area contributed by atoms with Crippen molar-refractivity contribution in [2.24, 2.45) is 0 Å². The van der Waals surface area contributed by atoms with Gasteiger partial charge in [-0.05, 0) is 40.8 Å². The van der Waals surface area contributed by atoms with Gasteiger partial charge in [0.1, 0.15) is 10.9 Å². The molecule has 0 saturated heterocycles. The minimum absolute atomic E-state index is 0.170. The minimum Gasteiger partial charge on any atom is -0.478 e. The maximum atomic E-state index is 10.8. The second kappa shape index (κ2) is 5.19. The first kappa shape index (κ1) is 12.6. The van der Waals surface area contributed by atoms with Crippen LogP contribution in [0.25, 0.3) is 0 Å². The minimum atomic E-state index is -0.997. The van der Waals surface area contributed by atoms with Crippen LogP contribution in [0.4, 0.5) is 0 Å². The van der Waals surface area contributed by atoms with Crippen molar-refractivity contribution < 1.29 is 14.6 Å². The van der Waals surface area contributed by atoms with Crippen LogP contribution >= 0.6 is 45.5 Å². The van der Waals surface area contributed by atoms with Crippen LogP contribution in [0, 0.1) is 3.57 Å². The van der Waals surface area contributed by atoms with Gasteiger partial charge >= 0.3 is 5.97 Å². The van der Waals surface area contributed by atoms with Gasteiger partial charge in [0.15, 0.2) is 0 Å². The average molecular weight is 382 g/mol. The van der Waals surface area contributed by atoms with Gasteiger partial charge in [0.25, 0.3) is 5.19 Å². The number of carboxylic acids is 1. The number of hydrogen-bond acceptors (Lipinski definition) is 4. The van der Waals surface area contributed by atoms with Crippen molar-refractivity contribution in [3.8, 4) is 10.9 Å². The number of hydrogen-bond donors (Lipinski definition) is 1. The molecule has 0 aliphatic rings. The zero-order valence-corrected chi connectivity index (χ0v) is 11.9. The predicted molar refractivity (Wildman–Crippen MR) is 73.3 cm³/mol. The zero-order chi connectivity index (χ0) is 12.4. The molecule has 1 heterocycles. The predicted octanol–water partition coefficient (Wildman–Crippen LogP) is 3.89. The van der Waals surface area contributed by atoms with E-state index < -0.39 is 5.97 Å². The smallest absolute Gasteiger partial charge is 0.335 e. The molecule has 88 valence electrons. The van der Waals surface area contributed by atoms with Crippen LogP contribution in [-0.2, 0) is 0 Å². The lowest BCUT2D eigenvalue weighted by atomic mass is 10.2. The molecule has 0 bridgehead atoms. The van der Waals surface area contributed by atoms with Gasteiger partial charge in [0, 0.05) is 5.38 Å². The number of carboxylic acid groups (broad SMARTS) is 1. The van der Waals surface area contributed by atoms with E-state index in [-0.39, 0.29) is 5.56 Å². The molecule has 0 aliphatic carbocycles. The molecule has 7 heteroatoms. The molecule has 0 amide bonds. The first-order chi connectivity index (χ1) is 8.06. The Morgan fingerprint density at radius 2 is 2.29 bits per heavy atom. The third-order valence-electron chi connectivity index (χ3n) is 1.83. The molecule has 0 spiro atoms. The van der Waals surface area contributed by atoms with Crippen LogP contribution in [0.2, 0.25) is 5.15 Å². The summed E-state index contributed by atoms with van der Waals surface area (Å²) in [5.41, 5.74) is 0.170. The number of aromatic nitrogens is 1. The third kappa shape index (κ3) is 3.08. The van der Waals surface area contributed by atoms with E-state index in [9.17, 15) is 4.79 Å². The summed E-state index contributed by atoms with van der Waals surface area (Å²) >= 11 is 8.98. The summed E-state index contributed by atoms with van der Waals surface area (Å²) in [6.45, 7) is 0. The van der Waals surface area contributed by atoms with Crippen molar-refractivity contribution in [1.29, 1.82) is 0 Å². The zero-order valence-electron chi connectivity index (χ0n) is 8.18. The Kier molecular flexibility index (Phi) is 3.85. The van der Waals surface area contributed by atoms with Crippen LogP contribution in [0.5, 0.6) is 10.9 Å². The molecule has 2 aromatic rings. The second-order valence-corrected chi connectivity index (χ2v) is 5.36. The lowest BCUT2D eigenvalue weighted by Gasteiger charge is -2.05. The number of ether oxygens (including phenoxy) is 1. The number of benzene rings is 1. The van der Waals surface area contributed by atoms with Crippen molar-refractivity contribution in [3.05, 3.63) is 37.9 Å². The maximum Gasteiger partial charge on any atom is 0.335 e. The highest BCUT2D eigenvalue weighted by Gasteiger charge is 2.10. The molecule has 0 unspecified atom stereocenters. The number of carbonyl (C=O) groups is 1. The largest absolute Gasteiger partial charge is 0.478 e. The summed E-state index contributed by atoms with van der Waals surface area (Å²) in [6, 6.07) is 4.65. The molecule has 0 aliphatic heterocycles. The monoisotopic (exact) mass is 381 g/mol. The topological polar surface area (TPSA) is 59.4 Å². The van der Waals surface area contributed by atoms with Gasteiger partial charge in [0.2, 0.25) is 0 Å². The molecule has 0 radical (unpaired) electrons. The molecule has 1 aromatic heterocycles. The van der Waals surface area contributed by atoms with Gasteiger partial charge in [-0.2, -0.15) is 4.98 Å². The first-order valence-corrected chi connectivity index (χ1v) is 6.71. The Balaban J connectivity index is 2.31. The summed E-state index contributed by atoms with van der Waals surface area (Å²) in [6.07, 6.45) is 0. The molecule has 0 atom stereocenters. The molecular formula is C10H5ClINO3S. The van der Waals surface area contributed by atoms with Crippen LogP contribution < -0.4 is 4.74 Å². The van der Waals surface area contributed by atoms with E-state index in [0.717, 1.165) is 3.57 Å². The number of thiazole rings is 1. The van der Waals surface area contributed by atoms with E-state index in [1.165, 1.54) is 23.5 Å². The van der Waals surface area contributed by atoms with Crippen molar-refractivity contribution >= 4 is 51.5 Å². The molecule has 0 saturated carbocycles. The van der Waals surface area contributed by atoms with Crippen LogP contribution in [0.15, 0.2) is 23.6 Å². The number of rotatable bonds is 3. The molecule has 0 fully saturated rings. The Labute approximate surface area is 119 Å². The van der Waals surface area contributed by atoms with Crippen molar-refractivity contribution in [2.75, 3.05) is 0 Å². The SMILES string of the molecule is O=C(O)c1ccc(I)c(Oc2nc(Cl)cs2)c1. The number of halogens is 2. The highest BCUT2D eigenvalue weighted by molar-refractivity contribution is 14.1. The summed E-state index contributed by atoms with van der Waals surface area (Å²) in [4.78, 5) is 14.8. The summed E-state index contributed by atoms with van der Waals surface area (Å²) < 4.78 is 6.28. The van der Waals surface area contributed by atoms with Gasteiger partial charge in [0.05, 0.1) is 9.13 Å². The quantitative estimate of drug-likeness (QED) is 0.820. The van der Waals surface area contributed by atoms with Crippen molar-refractivity contribution in [3.63, 3.8) is 0 Å². The fourth-order valence-electron chi connectivity index (χ4n) is 1.09. The average Bonchev–Trinajstić information content (AvgIpc) is 2.67. The van der Waals surface area contributed by atoms with E-state index in [1.807, 2.05) is 0 Å². The third-order valence-corrected chi connectivity index (χ3v) is 3.76. The van der Waals surface area contributed by atoms with Gasteiger partial charge < -0.3 is 9.84 Å². The molecule has 17 heavy (non-hydrogen) atoms. The lowest BCUT2D eigenvalue weighted by molar-refractivity contribution is 0.0696. The van der Waals surface area contributed by atoms with Gasteiger partial charge in [-0.15, -0.1) is 0 Å². The summed E-state index contributed by atoms with van der Waals surface area (Å²) in [5.74, 6) is -0.542. The van der Waals surface area contributed by atoms with Crippen LogP contribution in [0.3, 0.4) is 0 Å². The number of nitrogens with zero attached hydrogens (tertiary/aromatic N) is 1. The normalized spacial score (nSPS) is 10.2. The molecule has 1 N–H and O–H groups in total. The van der Waals surface area contributed by atoms with Gasteiger partial charge in [-0.25, -0.2) is 4.79 Å². The molecule has 2 rings (SSSR count). The molecular weight excluding hydrogens is 377 g/mol. The van der Waals surface area contributed by atoms with E-state index in [0.29, 0.717) is 16.1 Å². The molecule has 4 nitrogen and oxygen atoms in total. The Morgan fingerprint density at radius 3 is 2.88 bits per heavy atom. The fourth-order valence-corrected chi connectivity index (χ4v) is 2.34. The van der Waals surface area contributed by atoms with Gasteiger partial charge in [-0.1, -0.05) is 22.9 Å². The van der Waals surface area contributed by atoms with E-state index in [4.69, 9.17) is 21.4 Å². The summed E-state index contributed by atoms with van der Waals surface area (Å²) in [5, 5.41) is 11.3. The van der Waals surface area contributed by atoms with E-state index in [1.54, 1.807) is 11.4 Å². The number of aromatic carboxylic acids is 1. The highest BCUT2D eigenvalue weighted by atomic mass is 127. The van der Waals surface area contributed by atoms with E-state index >= 15 is 0 Å². The van der Waals surface area contributed by atoms with Crippen LogP contribution in [0.1, 0.15) is 10.4 Å². The second-order valence-electron chi connectivity index (χ2n) is 2.99. The molecule has 1 aromatic carbocycles. The Bertz CT molecular complexity index is 572. The lowest BCUT2D eigenvalue weighted by Crippen LogP contribution is -1.97. The first-order valence-electron chi connectivity index (χ1n) is 4.38. The van der Waals surface area contributed by atoms with Crippen molar-refractivity contribution in [1.82, 2.24) is 4.98 Å². The standard InChI is InChI=1S/C10H5ClINO3S/c11-8-4-17-10(13-8)16-7-3-5(9(14)15)1-2-6(7)12/h1-4H,(H,14,15). The fraction of sp³-hybridized carbons (Fsp3) is 0. The highest BCUT2D eigenvalue weighted by Crippen LogP contribution is 2.30. The maximum absolute atomic E-state index is 10.8. The Morgan fingerprint density at radius 1 is 1.53 bits per heavy atom. The van der Waals surface area contributed by atoms with Gasteiger partial charge in [-0.3, -0.25) is 0 Å². The van der Waals surface area contributed by atoms with E-state index in [2.05, 4.69) is 27.6 Å². The Hall–Kier alpha value is -0.860. The van der Waals surface area contributed by atoms with Crippen LogP contribution in [-0.4, -0.2) is 16.1 Å². The van der Waals surface area contributed by atoms with Crippen molar-refractivity contribution in [2.45, 2.75) is 0 Å². The summed E-state index contributed by atoms with van der Waals surface area (Å²) in [7, 11) is 0.